The molecule has 1 N–H and O–H groups in total. The van der Waals surface area contributed by atoms with Gasteiger partial charge in [0.2, 0.25) is 10.0 Å². The summed E-state index contributed by atoms with van der Waals surface area (Å²) in [4.78, 5) is 4.27. The quantitative estimate of drug-likeness (QED) is 0.795. The summed E-state index contributed by atoms with van der Waals surface area (Å²) in [7, 11) is -0.411. The smallest absolute Gasteiger partial charge is 0.243 e. The number of hydrogen-bond donors (Lipinski definition) is 1. The Kier molecular flexibility index (Phi) is 5.52. The molecular weight excluding hydrogens is 254 g/mol. The summed E-state index contributed by atoms with van der Waals surface area (Å²) in [5.41, 5.74) is 0. The van der Waals surface area contributed by atoms with Crippen molar-refractivity contribution in [3.8, 4) is 0 Å². The Labute approximate surface area is 108 Å². The number of pyridine rings is 1. The van der Waals surface area contributed by atoms with Crippen molar-refractivity contribution in [3.63, 3.8) is 0 Å². The Bertz CT molecular complexity index is 476. The minimum absolute atomic E-state index is 0.229. The van der Waals surface area contributed by atoms with E-state index in [9.17, 15) is 8.42 Å². The standard InChI is InChI=1S/C11H19N3O3S/c1-4-12-11-9-10(5-6-13-11)18(15,16)14(2)7-8-17-3/h5-6,9H,4,7-8H2,1-3H3,(H,12,13). The molecule has 1 rings (SSSR count). The number of rotatable bonds is 7. The molecule has 0 aliphatic rings. The highest BCUT2D eigenvalue weighted by molar-refractivity contribution is 7.89. The molecule has 0 fully saturated rings. The fraction of sp³-hybridized carbons (Fsp3) is 0.545. The van der Waals surface area contributed by atoms with Crippen LogP contribution < -0.4 is 5.32 Å². The number of ether oxygens (including phenoxy) is 1. The first-order chi connectivity index (χ1) is 8.52. The van der Waals surface area contributed by atoms with Crippen molar-refractivity contribution in [1.29, 1.82) is 0 Å². The number of methoxy groups -OCH3 is 1. The zero-order chi connectivity index (χ0) is 13.6. The minimum Gasteiger partial charge on any atom is -0.383 e. The number of likely N-dealkylation sites (N-methyl/N-ethyl adjacent to an activating group) is 1. The van der Waals surface area contributed by atoms with Gasteiger partial charge < -0.3 is 10.1 Å². The van der Waals surface area contributed by atoms with Gasteiger partial charge in [0.1, 0.15) is 5.82 Å². The van der Waals surface area contributed by atoms with Crippen molar-refractivity contribution < 1.29 is 13.2 Å². The van der Waals surface area contributed by atoms with E-state index >= 15 is 0 Å². The van der Waals surface area contributed by atoms with Crippen LogP contribution in [0, 0.1) is 0 Å². The van der Waals surface area contributed by atoms with E-state index in [2.05, 4.69) is 10.3 Å². The van der Waals surface area contributed by atoms with Crippen molar-refractivity contribution in [3.05, 3.63) is 18.3 Å². The molecule has 1 heterocycles. The molecule has 0 amide bonds. The molecule has 1 aromatic heterocycles. The highest BCUT2D eigenvalue weighted by Gasteiger charge is 2.20. The van der Waals surface area contributed by atoms with Crippen molar-refractivity contribution in [2.75, 3.05) is 39.2 Å². The van der Waals surface area contributed by atoms with Gasteiger partial charge in [0.25, 0.3) is 0 Å². The van der Waals surface area contributed by atoms with Crippen LogP contribution in [0.3, 0.4) is 0 Å². The normalized spacial score (nSPS) is 11.8. The van der Waals surface area contributed by atoms with E-state index in [1.54, 1.807) is 0 Å². The van der Waals surface area contributed by atoms with Gasteiger partial charge in [0, 0.05) is 39.5 Å². The summed E-state index contributed by atoms with van der Waals surface area (Å²) in [5.74, 6) is 0.554. The van der Waals surface area contributed by atoms with Gasteiger partial charge in [0.15, 0.2) is 0 Å². The number of sulfonamides is 1. The molecule has 6 nitrogen and oxygen atoms in total. The zero-order valence-electron chi connectivity index (χ0n) is 10.9. The van der Waals surface area contributed by atoms with Gasteiger partial charge in [-0.3, -0.25) is 0 Å². The van der Waals surface area contributed by atoms with Crippen molar-refractivity contribution in [1.82, 2.24) is 9.29 Å². The van der Waals surface area contributed by atoms with Gasteiger partial charge in [-0.05, 0) is 13.0 Å². The molecule has 18 heavy (non-hydrogen) atoms. The van der Waals surface area contributed by atoms with E-state index in [0.717, 1.165) is 0 Å². The van der Waals surface area contributed by atoms with Crippen LogP contribution in [0.15, 0.2) is 23.2 Å². The van der Waals surface area contributed by atoms with E-state index in [1.807, 2.05) is 6.92 Å². The van der Waals surface area contributed by atoms with Gasteiger partial charge >= 0.3 is 0 Å². The molecule has 0 atom stereocenters. The van der Waals surface area contributed by atoms with Gasteiger partial charge in [-0.2, -0.15) is 4.31 Å². The summed E-state index contributed by atoms with van der Waals surface area (Å²) >= 11 is 0. The molecule has 0 bridgehead atoms. The lowest BCUT2D eigenvalue weighted by atomic mass is 10.4. The Balaban J connectivity index is 2.93. The lowest BCUT2D eigenvalue weighted by molar-refractivity contribution is 0.185. The molecule has 1 aromatic rings. The average Bonchev–Trinajstić information content (AvgIpc) is 2.36. The lowest BCUT2D eigenvalue weighted by Gasteiger charge is -2.17. The molecule has 7 heteroatoms. The Morgan fingerprint density at radius 3 is 2.83 bits per heavy atom. The highest BCUT2D eigenvalue weighted by atomic mass is 32.2. The first-order valence-corrected chi connectivity index (χ1v) is 7.11. The second-order valence-electron chi connectivity index (χ2n) is 3.73. The van der Waals surface area contributed by atoms with Crippen LogP contribution in [-0.4, -0.2) is 51.6 Å². The van der Waals surface area contributed by atoms with E-state index in [0.29, 0.717) is 25.5 Å². The molecule has 0 aliphatic carbocycles. The van der Waals surface area contributed by atoms with Crippen LogP contribution in [0.5, 0.6) is 0 Å². The Morgan fingerprint density at radius 2 is 2.22 bits per heavy atom. The van der Waals surface area contributed by atoms with Gasteiger partial charge in [-0.15, -0.1) is 0 Å². The SMILES string of the molecule is CCNc1cc(S(=O)(=O)N(C)CCOC)ccn1. The largest absolute Gasteiger partial charge is 0.383 e. The van der Waals surface area contributed by atoms with Crippen molar-refractivity contribution in [2.45, 2.75) is 11.8 Å². The van der Waals surface area contributed by atoms with Gasteiger partial charge in [0.05, 0.1) is 11.5 Å². The maximum Gasteiger partial charge on any atom is 0.243 e. The number of hydrogen-bond acceptors (Lipinski definition) is 5. The highest BCUT2D eigenvalue weighted by Crippen LogP contribution is 2.16. The number of anilines is 1. The van der Waals surface area contributed by atoms with E-state index in [4.69, 9.17) is 4.74 Å². The van der Waals surface area contributed by atoms with Crippen LogP contribution in [0.2, 0.25) is 0 Å². The maximum absolute atomic E-state index is 12.2. The summed E-state index contributed by atoms with van der Waals surface area (Å²) in [5, 5.41) is 2.98. The van der Waals surface area contributed by atoms with Crippen LogP contribution in [0.4, 0.5) is 5.82 Å². The van der Waals surface area contributed by atoms with Crippen LogP contribution >= 0.6 is 0 Å². The zero-order valence-corrected chi connectivity index (χ0v) is 11.7. The molecule has 102 valence electrons. The third kappa shape index (κ3) is 3.66. The first kappa shape index (κ1) is 14.9. The minimum atomic E-state index is -3.48. The second-order valence-corrected chi connectivity index (χ2v) is 5.77. The molecule has 0 saturated carbocycles. The molecule has 0 aromatic carbocycles. The van der Waals surface area contributed by atoms with E-state index in [-0.39, 0.29) is 4.90 Å². The fourth-order valence-corrected chi connectivity index (χ4v) is 2.54. The molecule has 0 aliphatic heterocycles. The second kappa shape index (κ2) is 6.67. The monoisotopic (exact) mass is 273 g/mol. The third-order valence-corrected chi connectivity index (χ3v) is 4.26. The van der Waals surface area contributed by atoms with Crippen LogP contribution in [-0.2, 0) is 14.8 Å². The third-order valence-electron chi connectivity index (χ3n) is 2.41. The summed E-state index contributed by atoms with van der Waals surface area (Å²) in [6.07, 6.45) is 1.48. The molecular formula is C11H19N3O3S. The number of aromatic nitrogens is 1. The molecule has 0 radical (unpaired) electrons. The lowest BCUT2D eigenvalue weighted by Crippen LogP contribution is -2.30. The van der Waals surface area contributed by atoms with E-state index < -0.39 is 10.0 Å². The van der Waals surface area contributed by atoms with E-state index in [1.165, 1.54) is 36.8 Å². The van der Waals surface area contributed by atoms with Crippen molar-refractivity contribution >= 4 is 15.8 Å². The fourth-order valence-electron chi connectivity index (χ4n) is 1.37. The molecule has 0 spiro atoms. The first-order valence-electron chi connectivity index (χ1n) is 5.67. The average molecular weight is 273 g/mol. The predicted octanol–water partition coefficient (Wildman–Crippen LogP) is 0.780. The predicted molar refractivity (Wildman–Crippen MR) is 70.1 cm³/mol. The van der Waals surface area contributed by atoms with Crippen LogP contribution in [0.25, 0.3) is 0 Å². The van der Waals surface area contributed by atoms with Gasteiger partial charge in [-0.1, -0.05) is 0 Å². The Morgan fingerprint density at radius 1 is 1.50 bits per heavy atom. The van der Waals surface area contributed by atoms with Crippen molar-refractivity contribution in [2.24, 2.45) is 0 Å². The van der Waals surface area contributed by atoms with Crippen LogP contribution in [0.1, 0.15) is 6.92 Å². The summed E-state index contributed by atoms with van der Waals surface area (Å²) in [6, 6.07) is 3.02. The Hall–Kier alpha value is -1.18. The van der Waals surface area contributed by atoms with Gasteiger partial charge in [-0.25, -0.2) is 13.4 Å². The summed E-state index contributed by atoms with van der Waals surface area (Å²) < 4.78 is 30.6. The molecule has 0 saturated heterocycles. The maximum atomic E-state index is 12.2. The topological polar surface area (TPSA) is 71.5 Å². The summed E-state index contributed by atoms with van der Waals surface area (Å²) in [6.45, 7) is 3.29. The number of nitrogens with zero attached hydrogens (tertiary/aromatic N) is 2. The molecule has 0 unspecified atom stereocenters. The number of nitrogens with one attached hydrogen (secondary N) is 1.